The van der Waals surface area contributed by atoms with E-state index in [0.717, 1.165) is 12.4 Å². The zero-order valence-corrected chi connectivity index (χ0v) is 7.09. The summed E-state index contributed by atoms with van der Waals surface area (Å²) in [4.78, 5) is 6.32. The monoisotopic (exact) mass is 171 g/mol. The third-order valence-electron chi connectivity index (χ3n) is 2.32. The van der Waals surface area contributed by atoms with Gasteiger partial charge in [-0.15, -0.1) is 0 Å². The number of aliphatic imine (C=N–C) groups is 1. The molecule has 0 unspecified atom stereocenters. The van der Waals surface area contributed by atoms with E-state index >= 15 is 0 Å². The molecule has 13 heavy (non-hydrogen) atoms. The fraction of sp³-hybridized carbons (Fsp3) is 0.100. The number of hydrogen-bond acceptors (Lipinski definition) is 2. The van der Waals surface area contributed by atoms with Gasteiger partial charge in [0.15, 0.2) is 0 Å². The molecular formula is C10H9N3. The van der Waals surface area contributed by atoms with Crippen molar-refractivity contribution in [3.05, 3.63) is 36.4 Å². The second-order valence-electron chi connectivity index (χ2n) is 3.09. The second-order valence-corrected chi connectivity index (χ2v) is 3.09. The molecule has 1 aromatic rings. The van der Waals surface area contributed by atoms with Gasteiger partial charge in [0, 0.05) is 24.3 Å². The number of rotatable bonds is 0. The Morgan fingerprint density at radius 2 is 2.38 bits per heavy atom. The fourth-order valence-electron chi connectivity index (χ4n) is 1.66. The minimum atomic E-state index is 0.861. The van der Waals surface area contributed by atoms with Crippen molar-refractivity contribution in [2.24, 2.45) is 4.99 Å². The molecular weight excluding hydrogens is 162 g/mol. The quantitative estimate of drug-likeness (QED) is 0.581. The molecule has 3 rings (SSSR count). The van der Waals surface area contributed by atoms with E-state index in [2.05, 4.69) is 39.0 Å². The van der Waals surface area contributed by atoms with E-state index in [0.29, 0.717) is 0 Å². The normalized spacial score (nSPS) is 18.2. The van der Waals surface area contributed by atoms with Crippen molar-refractivity contribution >= 4 is 18.1 Å². The largest absolute Gasteiger partial charge is 0.327 e. The lowest BCUT2D eigenvalue weighted by Crippen LogP contribution is -2.26. The molecule has 0 fully saturated rings. The lowest BCUT2D eigenvalue weighted by atomic mass is 10.3. The third kappa shape index (κ3) is 0.869. The first-order valence-corrected chi connectivity index (χ1v) is 4.29. The maximum Gasteiger partial charge on any atom is 0.136 e. The summed E-state index contributed by atoms with van der Waals surface area (Å²) in [6.07, 6.45) is 10.0. The molecule has 2 aliphatic heterocycles. The molecule has 3 nitrogen and oxygen atoms in total. The van der Waals surface area contributed by atoms with Gasteiger partial charge >= 0.3 is 0 Å². The van der Waals surface area contributed by atoms with E-state index < -0.39 is 0 Å². The van der Waals surface area contributed by atoms with Crippen LogP contribution in [-0.2, 0) is 0 Å². The maximum atomic E-state index is 4.16. The molecule has 0 saturated carbocycles. The predicted octanol–water partition coefficient (Wildman–Crippen LogP) is 1.61. The Morgan fingerprint density at radius 3 is 3.38 bits per heavy atom. The van der Waals surface area contributed by atoms with Gasteiger partial charge in [-0.1, -0.05) is 0 Å². The van der Waals surface area contributed by atoms with Gasteiger partial charge in [0.05, 0.1) is 12.7 Å². The molecule has 0 radical (unpaired) electrons. The Balaban J connectivity index is 2.21. The zero-order valence-electron chi connectivity index (χ0n) is 7.09. The SMILES string of the molecule is C1=CN2CC=NC=C2n2cccc21. The summed E-state index contributed by atoms with van der Waals surface area (Å²) in [6, 6.07) is 4.13. The van der Waals surface area contributed by atoms with Gasteiger partial charge in [-0.2, -0.15) is 0 Å². The molecule has 0 aromatic carbocycles. The fourth-order valence-corrected chi connectivity index (χ4v) is 1.66. The van der Waals surface area contributed by atoms with Gasteiger partial charge in [-0.25, -0.2) is 0 Å². The molecule has 0 saturated heterocycles. The molecule has 64 valence electrons. The van der Waals surface area contributed by atoms with E-state index in [1.807, 2.05) is 18.5 Å². The van der Waals surface area contributed by atoms with Crippen molar-refractivity contribution in [1.82, 2.24) is 9.47 Å². The Labute approximate surface area is 76.3 Å². The summed E-state index contributed by atoms with van der Waals surface area (Å²) < 4.78 is 2.14. The Hall–Kier alpha value is -1.77. The number of fused-ring (bicyclic) bond motifs is 3. The van der Waals surface area contributed by atoms with E-state index in [1.165, 1.54) is 5.69 Å². The maximum absolute atomic E-state index is 4.16. The van der Waals surface area contributed by atoms with Crippen LogP contribution in [0.1, 0.15) is 5.69 Å². The van der Waals surface area contributed by atoms with Crippen molar-refractivity contribution in [3.63, 3.8) is 0 Å². The summed E-state index contributed by atoms with van der Waals surface area (Å²) in [7, 11) is 0. The highest BCUT2D eigenvalue weighted by Crippen LogP contribution is 2.23. The van der Waals surface area contributed by atoms with Crippen LogP contribution in [0.15, 0.2) is 35.7 Å². The van der Waals surface area contributed by atoms with Crippen molar-refractivity contribution in [2.75, 3.05) is 6.54 Å². The second kappa shape index (κ2) is 2.36. The van der Waals surface area contributed by atoms with Crippen LogP contribution < -0.4 is 0 Å². The Morgan fingerprint density at radius 1 is 1.38 bits per heavy atom. The van der Waals surface area contributed by atoms with Crippen LogP contribution in [0.5, 0.6) is 0 Å². The molecule has 0 bridgehead atoms. The van der Waals surface area contributed by atoms with Crippen LogP contribution in [0.25, 0.3) is 11.9 Å². The predicted molar refractivity (Wildman–Crippen MR) is 52.9 cm³/mol. The smallest absolute Gasteiger partial charge is 0.136 e. The number of hydrogen-bond donors (Lipinski definition) is 0. The Kier molecular flexibility index (Phi) is 1.22. The molecule has 0 aliphatic carbocycles. The van der Waals surface area contributed by atoms with E-state index in [9.17, 15) is 0 Å². The van der Waals surface area contributed by atoms with E-state index in [-0.39, 0.29) is 0 Å². The van der Waals surface area contributed by atoms with Crippen molar-refractivity contribution < 1.29 is 0 Å². The van der Waals surface area contributed by atoms with Gasteiger partial charge in [-0.3, -0.25) is 4.99 Å². The molecule has 2 aliphatic rings. The van der Waals surface area contributed by atoms with Crippen LogP contribution in [-0.4, -0.2) is 22.2 Å². The van der Waals surface area contributed by atoms with Crippen LogP contribution in [0.2, 0.25) is 0 Å². The van der Waals surface area contributed by atoms with Crippen LogP contribution in [0, 0.1) is 0 Å². The third-order valence-corrected chi connectivity index (χ3v) is 2.32. The van der Waals surface area contributed by atoms with Crippen molar-refractivity contribution in [3.8, 4) is 0 Å². The highest BCUT2D eigenvalue weighted by molar-refractivity contribution is 5.71. The molecule has 0 atom stereocenters. The minimum Gasteiger partial charge on any atom is -0.327 e. The van der Waals surface area contributed by atoms with Gasteiger partial charge in [-0.05, 0) is 18.2 Å². The molecule has 0 N–H and O–H groups in total. The topological polar surface area (TPSA) is 20.5 Å². The Bertz CT molecular complexity index is 423. The highest BCUT2D eigenvalue weighted by Gasteiger charge is 2.15. The van der Waals surface area contributed by atoms with E-state index in [1.54, 1.807) is 0 Å². The minimum absolute atomic E-state index is 0.861. The standard InChI is InChI=1S/C10H9N3/c1-2-9-3-6-12-7-4-11-8-10(12)13(9)5-1/h1-6,8H,7H2. The lowest BCUT2D eigenvalue weighted by Gasteiger charge is -2.28. The summed E-state index contributed by atoms with van der Waals surface area (Å²) >= 11 is 0. The summed E-state index contributed by atoms with van der Waals surface area (Å²) in [5, 5.41) is 0. The van der Waals surface area contributed by atoms with Gasteiger partial charge in [0.1, 0.15) is 5.82 Å². The summed E-state index contributed by atoms with van der Waals surface area (Å²) in [5.41, 5.74) is 1.21. The van der Waals surface area contributed by atoms with Crippen molar-refractivity contribution in [1.29, 1.82) is 0 Å². The first-order chi connectivity index (χ1) is 6.45. The first kappa shape index (κ1) is 6.71. The average molecular weight is 171 g/mol. The summed E-state index contributed by atoms with van der Waals surface area (Å²) in [6.45, 7) is 0.861. The van der Waals surface area contributed by atoms with E-state index in [4.69, 9.17) is 0 Å². The molecule has 3 heteroatoms. The lowest BCUT2D eigenvalue weighted by molar-refractivity contribution is 0.564. The molecule has 1 aromatic heterocycles. The highest BCUT2D eigenvalue weighted by atomic mass is 15.3. The van der Waals surface area contributed by atoms with Crippen molar-refractivity contribution in [2.45, 2.75) is 0 Å². The molecule has 0 spiro atoms. The first-order valence-electron chi connectivity index (χ1n) is 4.29. The average Bonchev–Trinajstić information content (AvgIpc) is 2.65. The molecule has 0 amide bonds. The molecule has 3 heterocycles. The van der Waals surface area contributed by atoms with Gasteiger partial charge < -0.3 is 9.47 Å². The van der Waals surface area contributed by atoms with Crippen LogP contribution in [0.3, 0.4) is 0 Å². The van der Waals surface area contributed by atoms with Gasteiger partial charge in [0.2, 0.25) is 0 Å². The summed E-state index contributed by atoms with van der Waals surface area (Å²) in [5.74, 6) is 1.13. The number of aromatic nitrogens is 1. The van der Waals surface area contributed by atoms with Crippen LogP contribution in [0.4, 0.5) is 0 Å². The van der Waals surface area contributed by atoms with Gasteiger partial charge in [0.25, 0.3) is 0 Å². The number of nitrogens with zero attached hydrogens (tertiary/aromatic N) is 3. The zero-order chi connectivity index (χ0) is 8.67. The van der Waals surface area contributed by atoms with Crippen LogP contribution >= 0.6 is 0 Å².